The lowest BCUT2D eigenvalue weighted by Gasteiger charge is -2.21. The highest BCUT2D eigenvalue weighted by Gasteiger charge is 2.23. The van der Waals surface area contributed by atoms with Crippen molar-refractivity contribution >= 4 is 15.9 Å². The number of amides is 1. The van der Waals surface area contributed by atoms with Gasteiger partial charge in [0.15, 0.2) is 0 Å². The van der Waals surface area contributed by atoms with Crippen LogP contribution < -0.4 is 4.72 Å². The standard InChI is InChI=1S/C14H22N2O3S/c1-10-7-8-11(9-12(10)13(17)16(5)6)20(18,19)15-14(2,3)4/h7-9,15H,1-6H3. The van der Waals surface area contributed by atoms with Crippen molar-refractivity contribution in [2.45, 2.75) is 38.1 Å². The highest BCUT2D eigenvalue weighted by atomic mass is 32.2. The molecule has 0 aliphatic heterocycles. The molecule has 0 saturated carbocycles. The van der Waals surface area contributed by atoms with Crippen molar-refractivity contribution in [3.05, 3.63) is 29.3 Å². The normalized spacial score (nSPS) is 12.3. The molecule has 5 nitrogen and oxygen atoms in total. The van der Waals surface area contributed by atoms with E-state index >= 15 is 0 Å². The Hall–Kier alpha value is -1.40. The molecule has 0 aliphatic rings. The lowest BCUT2D eigenvalue weighted by atomic mass is 10.1. The summed E-state index contributed by atoms with van der Waals surface area (Å²) in [7, 11) is -0.367. The molecule has 0 aliphatic carbocycles. The van der Waals surface area contributed by atoms with Crippen molar-refractivity contribution in [1.82, 2.24) is 9.62 Å². The van der Waals surface area contributed by atoms with Crippen LogP contribution in [0.3, 0.4) is 0 Å². The molecule has 0 saturated heterocycles. The van der Waals surface area contributed by atoms with Gasteiger partial charge in [-0.3, -0.25) is 4.79 Å². The van der Waals surface area contributed by atoms with Gasteiger partial charge in [0.1, 0.15) is 0 Å². The molecule has 1 rings (SSSR count). The van der Waals surface area contributed by atoms with Crippen LogP contribution >= 0.6 is 0 Å². The van der Waals surface area contributed by atoms with E-state index in [1.165, 1.54) is 17.0 Å². The monoisotopic (exact) mass is 298 g/mol. The second-order valence-corrected chi connectivity index (χ2v) is 7.71. The zero-order valence-corrected chi connectivity index (χ0v) is 13.6. The molecule has 0 heterocycles. The first-order chi connectivity index (χ1) is 8.94. The van der Waals surface area contributed by atoms with Gasteiger partial charge in [-0.05, 0) is 45.4 Å². The van der Waals surface area contributed by atoms with Gasteiger partial charge >= 0.3 is 0 Å². The average molecular weight is 298 g/mol. The molecule has 1 aromatic rings. The van der Waals surface area contributed by atoms with Gasteiger partial charge < -0.3 is 4.90 Å². The smallest absolute Gasteiger partial charge is 0.253 e. The first kappa shape index (κ1) is 16.7. The molecule has 112 valence electrons. The quantitative estimate of drug-likeness (QED) is 0.925. The molecule has 0 unspecified atom stereocenters. The predicted molar refractivity (Wildman–Crippen MR) is 79.3 cm³/mol. The minimum atomic E-state index is -3.64. The SMILES string of the molecule is Cc1ccc(S(=O)(=O)NC(C)(C)C)cc1C(=O)N(C)C. The lowest BCUT2D eigenvalue weighted by Crippen LogP contribution is -2.40. The van der Waals surface area contributed by atoms with Gasteiger partial charge in [0.25, 0.3) is 5.91 Å². The Labute approximate surface area is 121 Å². The van der Waals surface area contributed by atoms with Gasteiger partial charge in [-0.1, -0.05) is 6.07 Å². The van der Waals surface area contributed by atoms with Crippen LogP contribution in [-0.4, -0.2) is 38.9 Å². The summed E-state index contributed by atoms with van der Waals surface area (Å²) in [5.41, 5.74) is 0.570. The summed E-state index contributed by atoms with van der Waals surface area (Å²) in [6.45, 7) is 7.09. The fraction of sp³-hybridized carbons (Fsp3) is 0.500. The number of sulfonamides is 1. The third-order valence-corrected chi connectivity index (χ3v) is 4.35. The van der Waals surface area contributed by atoms with Gasteiger partial charge in [0.05, 0.1) is 4.90 Å². The summed E-state index contributed by atoms with van der Waals surface area (Å²) in [5, 5.41) is 0. The molecule has 0 atom stereocenters. The van der Waals surface area contributed by atoms with Crippen molar-refractivity contribution in [2.24, 2.45) is 0 Å². The molecular weight excluding hydrogens is 276 g/mol. The van der Waals surface area contributed by atoms with E-state index in [-0.39, 0.29) is 10.8 Å². The molecule has 1 amide bonds. The van der Waals surface area contributed by atoms with E-state index in [0.717, 1.165) is 5.56 Å². The number of nitrogens with zero attached hydrogens (tertiary/aromatic N) is 1. The third kappa shape index (κ3) is 4.05. The number of rotatable bonds is 3. The molecule has 0 fully saturated rings. The first-order valence-electron chi connectivity index (χ1n) is 6.30. The molecule has 0 bridgehead atoms. The number of nitrogens with one attached hydrogen (secondary N) is 1. The van der Waals surface area contributed by atoms with E-state index in [9.17, 15) is 13.2 Å². The summed E-state index contributed by atoms with van der Waals surface area (Å²) in [6.07, 6.45) is 0. The Morgan fingerprint density at radius 1 is 1.20 bits per heavy atom. The number of hydrogen-bond donors (Lipinski definition) is 1. The van der Waals surface area contributed by atoms with Gasteiger partial charge in [0.2, 0.25) is 10.0 Å². The second kappa shape index (κ2) is 5.54. The third-order valence-electron chi connectivity index (χ3n) is 2.60. The summed E-state index contributed by atoms with van der Waals surface area (Å²) in [4.78, 5) is 13.6. The van der Waals surface area contributed by atoms with Crippen molar-refractivity contribution in [3.63, 3.8) is 0 Å². The highest BCUT2D eigenvalue weighted by Crippen LogP contribution is 2.18. The minimum Gasteiger partial charge on any atom is -0.345 e. The van der Waals surface area contributed by atoms with Crippen molar-refractivity contribution < 1.29 is 13.2 Å². The second-order valence-electron chi connectivity index (χ2n) is 6.03. The topological polar surface area (TPSA) is 66.5 Å². The van der Waals surface area contributed by atoms with E-state index in [2.05, 4.69) is 4.72 Å². The Morgan fingerprint density at radius 3 is 2.20 bits per heavy atom. The van der Waals surface area contributed by atoms with Gasteiger partial charge in [-0.15, -0.1) is 0 Å². The molecule has 0 radical (unpaired) electrons. The van der Waals surface area contributed by atoms with Crippen LogP contribution in [0.1, 0.15) is 36.7 Å². The molecule has 0 aromatic heterocycles. The number of aryl methyl sites for hydroxylation is 1. The zero-order chi connectivity index (χ0) is 15.7. The molecule has 20 heavy (non-hydrogen) atoms. The Balaban J connectivity index is 3.29. The summed E-state index contributed by atoms with van der Waals surface area (Å²) >= 11 is 0. The van der Waals surface area contributed by atoms with Crippen LogP contribution in [-0.2, 0) is 10.0 Å². The maximum atomic E-state index is 12.3. The molecule has 1 aromatic carbocycles. The minimum absolute atomic E-state index is 0.100. The van der Waals surface area contributed by atoms with Crippen molar-refractivity contribution in [3.8, 4) is 0 Å². The maximum absolute atomic E-state index is 12.3. The highest BCUT2D eigenvalue weighted by molar-refractivity contribution is 7.89. The lowest BCUT2D eigenvalue weighted by molar-refractivity contribution is 0.0826. The molecule has 6 heteroatoms. The predicted octanol–water partition coefficient (Wildman–Crippen LogP) is 1.77. The zero-order valence-electron chi connectivity index (χ0n) is 12.8. The summed E-state index contributed by atoms with van der Waals surface area (Å²) in [5.74, 6) is -0.213. The fourth-order valence-electron chi connectivity index (χ4n) is 1.70. The van der Waals surface area contributed by atoms with E-state index in [4.69, 9.17) is 0 Å². The van der Waals surface area contributed by atoms with Gasteiger partial charge in [-0.25, -0.2) is 13.1 Å². The number of carbonyl (C=O) groups is 1. The fourth-order valence-corrected chi connectivity index (χ4v) is 3.15. The summed E-state index contributed by atoms with van der Waals surface area (Å²) in [6, 6.07) is 4.58. The van der Waals surface area contributed by atoms with Gasteiger partial charge in [0, 0.05) is 25.2 Å². The number of hydrogen-bond acceptors (Lipinski definition) is 3. The largest absolute Gasteiger partial charge is 0.345 e. The maximum Gasteiger partial charge on any atom is 0.253 e. The Kier molecular flexibility index (Phi) is 4.61. The van der Waals surface area contributed by atoms with E-state index in [1.54, 1.807) is 47.9 Å². The van der Waals surface area contributed by atoms with Crippen molar-refractivity contribution in [1.29, 1.82) is 0 Å². The van der Waals surface area contributed by atoms with E-state index in [1.807, 2.05) is 0 Å². The van der Waals surface area contributed by atoms with Crippen molar-refractivity contribution in [2.75, 3.05) is 14.1 Å². The molecular formula is C14H22N2O3S. The number of carbonyl (C=O) groups excluding carboxylic acids is 1. The van der Waals surface area contributed by atoms with Crippen LogP contribution in [0.5, 0.6) is 0 Å². The summed E-state index contributed by atoms with van der Waals surface area (Å²) < 4.78 is 27.1. The van der Waals surface area contributed by atoms with E-state index < -0.39 is 15.6 Å². The average Bonchev–Trinajstić information content (AvgIpc) is 2.25. The van der Waals surface area contributed by atoms with Crippen LogP contribution in [0.2, 0.25) is 0 Å². The van der Waals surface area contributed by atoms with Crippen LogP contribution in [0.25, 0.3) is 0 Å². The van der Waals surface area contributed by atoms with Crippen LogP contribution in [0.4, 0.5) is 0 Å². The Morgan fingerprint density at radius 2 is 1.75 bits per heavy atom. The number of benzene rings is 1. The van der Waals surface area contributed by atoms with E-state index in [0.29, 0.717) is 5.56 Å². The van der Waals surface area contributed by atoms with Crippen LogP contribution in [0.15, 0.2) is 23.1 Å². The molecule has 1 N–H and O–H groups in total. The van der Waals surface area contributed by atoms with Gasteiger partial charge in [-0.2, -0.15) is 0 Å². The Bertz CT molecular complexity index is 614. The first-order valence-corrected chi connectivity index (χ1v) is 7.78. The van der Waals surface area contributed by atoms with Crippen LogP contribution in [0, 0.1) is 6.92 Å². The molecule has 0 spiro atoms.